The second-order valence-corrected chi connectivity index (χ2v) is 6.06. The first kappa shape index (κ1) is 20.2. The minimum atomic E-state index is 1.20. The molecule has 0 radical (unpaired) electrons. The van der Waals surface area contributed by atoms with E-state index in [-0.39, 0.29) is 0 Å². The van der Waals surface area contributed by atoms with Crippen LogP contribution in [-0.2, 0) is 0 Å². The largest absolute Gasteiger partial charge is 0.103 e. The summed E-state index contributed by atoms with van der Waals surface area (Å²) in [6.45, 7) is 5.83. The molecule has 0 saturated carbocycles. The van der Waals surface area contributed by atoms with E-state index in [0.29, 0.717) is 0 Å². The van der Waals surface area contributed by atoms with Crippen LogP contribution in [0, 0.1) is 0 Å². The van der Waals surface area contributed by atoms with Crippen molar-refractivity contribution in [3.05, 3.63) is 37.0 Å². The third kappa shape index (κ3) is 19.2. The Hall–Kier alpha value is -0.780. The van der Waals surface area contributed by atoms with Gasteiger partial charge >= 0.3 is 0 Å². The maximum atomic E-state index is 3.77. The number of hydrogen-bond acceptors (Lipinski definition) is 0. The molecule has 0 unspecified atom stereocenters. The zero-order chi connectivity index (χ0) is 15.4. The van der Waals surface area contributed by atoms with Crippen molar-refractivity contribution in [1.82, 2.24) is 0 Å². The van der Waals surface area contributed by atoms with Gasteiger partial charge in [0, 0.05) is 0 Å². The van der Waals surface area contributed by atoms with Crippen LogP contribution < -0.4 is 0 Å². The summed E-state index contributed by atoms with van der Waals surface area (Å²) >= 11 is 0. The lowest BCUT2D eigenvalue weighted by molar-refractivity contribution is 0.542. The zero-order valence-corrected chi connectivity index (χ0v) is 14.5. The maximum Gasteiger partial charge on any atom is -0.0348 e. The van der Waals surface area contributed by atoms with E-state index in [9.17, 15) is 0 Å². The van der Waals surface area contributed by atoms with E-state index in [0.717, 1.165) is 0 Å². The Balaban J connectivity index is 3.01. The summed E-state index contributed by atoms with van der Waals surface area (Å²) in [6, 6.07) is 0. The lowest BCUT2D eigenvalue weighted by Crippen LogP contribution is -1.82. The fourth-order valence-corrected chi connectivity index (χ4v) is 2.60. The van der Waals surface area contributed by atoms with Gasteiger partial charge in [-0.1, -0.05) is 94.6 Å². The van der Waals surface area contributed by atoms with Gasteiger partial charge in [-0.2, -0.15) is 0 Å². The molecule has 21 heavy (non-hydrogen) atoms. The van der Waals surface area contributed by atoms with E-state index in [1.54, 1.807) is 0 Å². The summed E-state index contributed by atoms with van der Waals surface area (Å²) in [5.41, 5.74) is 0. The molecule has 0 heteroatoms. The predicted octanol–water partition coefficient (Wildman–Crippen LogP) is 7.77. The number of unbranched alkanes of at least 4 members (excludes halogenated alkanes) is 13. The summed E-state index contributed by atoms with van der Waals surface area (Å²) in [4.78, 5) is 0. The molecule has 0 rings (SSSR count). The van der Waals surface area contributed by atoms with Crippen LogP contribution in [0.15, 0.2) is 37.0 Å². The van der Waals surface area contributed by atoms with Crippen LogP contribution in [0.1, 0.15) is 96.8 Å². The fourth-order valence-electron chi connectivity index (χ4n) is 2.60. The number of allylic oxidation sites excluding steroid dienone is 5. The van der Waals surface area contributed by atoms with E-state index < -0.39 is 0 Å². The maximum absolute atomic E-state index is 3.77. The minimum Gasteiger partial charge on any atom is -0.103 e. The lowest BCUT2D eigenvalue weighted by Gasteiger charge is -2.02. The highest BCUT2D eigenvalue weighted by Gasteiger charge is 1.93. The van der Waals surface area contributed by atoms with Crippen molar-refractivity contribution in [2.45, 2.75) is 96.8 Å². The average molecular weight is 291 g/mol. The van der Waals surface area contributed by atoms with Crippen LogP contribution in [-0.4, -0.2) is 0 Å². The molecule has 0 nitrogen and oxygen atoms in total. The Morgan fingerprint density at radius 1 is 0.571 bits per heavy atom. The fraction of sp³-hybridized carbons (Fsp3) is 0.714. The van der Waals surface area contributed by atoms with Gasteiger partial charge in [0.2, 0.25) is 0 Å². The molecule has 0 bridgehead atoms. The van der Waals surface area contributed by atoms with E-state index in [1.807, 2.05) is 6.08 Å². The Kier molecular flexibility index (Phi) is 18.5. The van der Waals surface area contributed by atoms with Crippen molar-refractivity contribution in [1.29, 1.82) is 0 Å². The Labute approximate surface area is 134 Å². The van der Waals surface area contributed by atoms with E-state index in [4.69, 9.17) is 0 Å². The molecule has 0 atom stereocenters. The molecule has 0 aromatic rings. The van der Waals surface area contributed by atoms with Gasteiger partial charge in [-0.25, -0.2) is 0 Å². The van der Waals surface area contributed by atoms with Crippen LogP contribution in [0.4, 0.5) is 0 Å². The summed E-state index contributed by atoms with van der Waals surface area (Å²) in [5.74, 6) is 0. The molecular formula is C21H38. The Morgan fingerprint density at radius 3 is 1.43 bits per heavy atom. The molecule has 0 aromatic carbocycles. The monoisotopic (exact) mass is 290 g/mol. The van der Waals surface area contributed by atoms with Crippen molar-refractivity contribution < 1.29 is 0 Å². The first-order valence-corrected chi connectivity index (χ1v) is 9.30. The molecule has 0 aliphatic carbocycles. The van der Waals surface area contributed by atoms with Crippen LogP contribution in [0.5, 0.6) is 0 Å². The van der Waals surface area contributed by atoms with Gasteiger partial charge in [0.1, 0.15) is 0 Å². The summed E-state index contributed by atoms with van der Waals surface area (Å²) in [6.07, 6.45) is 30.2. The van der Waals surface area contributed by atoms with Gasteiger partial charge in [0.05, 0.1) is 0 Å². The SMILES string of the molecule is C=CCCCCCCCCCCCCCCC=CC=CC. The standard InChI is InChI=1S/C21H38/c1-3-5-7-9-11-13-15-17-19-21-20-18-16-14-12-10-8-6-4-2/h3-4,6,8,10H,1,5,7,9,11-21H2,2H3. The molecule has 0 aliphatic rings. The van der Waals surface area contributed by atoms with E-state index in [2.05, 4.69) is 37.8 Å². The first-order chi connectivity index (χ1) is 10.4. The third-order valence-electron chi connectivity index (χ3n) is 3.97. The molecule has 122 valence electrons. The van der Waals surface area contributed by atoms with Gasteiger partial charge in [0.15, 0.2) is 0 Å². The van der Waals surface area contributed by atoms with Crippen molar-refractivity contribution in [3.63, 3.8) is 0 Å². The molecule has 0 saturated heterocycles. The molecule has 0 aromatic heterocycles. The second kappa shape index (κ2) is 19.2. The predicted molar refractivity (Wildman–Crippen MR) is 98.8 cm³/mol. The zero-order valence-electron chi connectivity index (χ0n) is 14.5. The van der Waals surface area contributed by atoms with Crippen LogP contribution >= 0.6 is 0 Å². The Bertz CT molecular complexity index is 247. The average Bonchev–Trinajstić information content (AvgIpc) is 2.50. The highest BCUT2D eigenvalue weighted by Crippen LogP contribution is 2.13. The van der Waals surface area contributed by atoms with Crippen LogP contribution in [0.25, 0.3) is 0 Å². The normalized spacial score (nSPS) is 11.7. The van der Waals surface area contributed by atoms with Crippen LogP contribution in [0.2, 0.25) is 0 Å². The van der Waals surface area contributed by atoms with E-state index in [1.165, 1.54) is 89.9 Å². The van der Waals surface area contributed by atoms with Gasteiger partial charge in [-0.15, -0.1) is 6.58 Å². The van der Waals surface area contributed by atoms with Gasteiger partial charge in [-0.3, -0.25) is 0 Å². The first-order valence-electron chi connectivity index (χ1n) is 9.30. The molecule has 0 N–H and O–H groups in total. The van der Waals surface area contributed by atoms with Crippen molar-refractivity contribution >= 4 is 0 Å². The van der Waals surface area contributed by atoms with Gasteiger partial charge < -0.3 is 0 Å². The highest BCUT2D eigenvalue weighted by molar-refractivity contribution is 5.00. The number of rotatable bonds is 16. The topological polar surface area (TPSA) is 0 Å². The quantitative estimate of drug-likeness (QED) is 0.155. The Morgan fingerprint density at radius 2 is 1.00 bits per heavy atom. The lowest BCUT2D eigenvalue weighted by atomic mass is 10.0. The van der Waals surface area contributed by atoms with Gasteiger partial charge in [0.25, 0.3) is 0 Å². The van der Waals surface area contributed by atoms with E-state index >= 15 is 0 Å². The number of hydrogen-bond donors (Lipinski definition) is 0. The van der Waals surface area contributed by atoms with Crippen molar-refractivity contribution in [2.24, 2.45) is 0 Å². The molecule has 0 amide bonds. The van der Waals surface area contributed by atoms with Crippen molar-refractivity contribution in [3.8, 4) is 0 Å². The minimum absolute atomic E-state index is 1.20. The summed E-state index contributed by atoms with van der Waals surface area (Å²) in [7, 11) is 0. The second-order valence-electron chi connectivity index (χ2n) is 6.06. The smallest absolute Gasteiger partial charge is 0.0348 e. The molecule has 0 aliphatic heterocycles. The van der Waals surface area contributed by atoms with Crippen molar-refractivity contribution in [2.75, 3.05) is 0 Å². The van der Waals surface area contributed by atoms with Gasteiger partial charge in [-0.05, 0) is 32.6 Å². The third-order valence-corrected chi connectivity index (χ3v) is 3.97. The molecular weight excluding hydrogens is 252 g/mol. The highest BCUT2D eigenvalue weighted by atomic mass is 14.0. The summed E-state index contributed by atoms with van der Waals surface area (Å²) < 4.78 is 0. The molecule has 0 fully saturated rings. The summed E-state index contributed by atoms with van der Waals surface area (Å²) in [5, 5.41) is 0. The molecule has 0 heterocycles. The van der Waals surface area contributed by atoms with Crippen LogP contribution in [0.3, 0.4) is 0 Å². The molecule has 0 spiro atoms.